The molecule has 0 aromatic carbocycles. The van der Waals surface area contributed by atoms with E-state index in [9.17, 15) is 4.79 Å². The second-order valence-electron chi connectivity index (χ2n) is 4.65. The van der Waals surface area contributed by atoms with Crippen LogP contribution in [0.4, 0.5) is 4.79 Å². The highest BCUT2D eigenvalue weighted by Gasteiger charge is 2.32. The Labute approximate surface area is 91.2 Å². The van der Waals surface area contributed by atoms with Gasteiger partial charge in [-0.2, -0.15) is 0 Å². The fourth-order valence-electron chi connectivity index (χ4n) is 1.63. The van der Waals surface area contributed by atoms with Gasteiger partial charge in [-0.15, -0.1) is 0 Å². The van der Waals surface area contributed by atoms with Crippen molar-refractivity contribution in [1.82, 2.24) is 4.90 Å². The van der Waals surface area contributed by atoms with Gasteiger partial charge in [0.05, 0.1) is 12.6 Å². The smallest absolute Gasteiger partial charge is 0.410 e. The van der Waals surface area contributed by atoms with Crippen LogP contribution in [-0.4, -0.2) is 40.9 Å². The topological polar surface area (TPSA) is 49.8 Å². The van der Waals surface area contributed by atoms with Crippen molar-refractivity contribution in [2.24, 2.45) is 0 Å². The van der Waals surface area contributed by atoms with E-state index in [1.165, 1.54) is 0 Å². The maximum atomic E-state index is 11.8. The Balaban J connectivity index is 2.53. The summed E-state index contributed by atoms with van der Waals surface area (Å²) in [5.41, 5.74) is -0.417. The number of rotatable bonds is 3. The molecule has 4 heteroatoms. The molecule has 1 amide bonds. The molecule has 88 valence electrons. The van der Waals surface area contributed by atoms with Gasteiger partial charge in [-0.3, -0.25) is 0 Å². The standard InChI is InChI=1S/C11H21NO3/c1-4-11(2,3)15-10(14)12-7-5-6-9(12)8-13/h9,13H,4-8H2,1-3H3/t9-/m1/s1. The van der Waals surface area contributed by atoms with E-state index in [-0.39, 0.29) is 18.7 Å². The molecule has 1 fully saturated rings. The zero-order valence-corrected chi connectivity index (χ0v) is 9.82. The minimum absolute atomic E-state index is 0.0294. The molecule has 4 nitrogen and oxygen atoms in total. The molecule has 0 unspecified atom stereocenters. The van der Waals surface area contributed by atoms with Gasteiger partial charge < -0.3 is 14.7 Å². The molecule has 1 saturated heterocycles. The average Bonchev–Trinajstić information content (AvgIpc) is 2.64. The molecule has 0 radical (unpaired) electrons. The lowest BCUT2D eigenvalue weighted by molar-refractivity contribution is 0.00514. The van der Waals surface area contributed by atoms with E-state index in [1.54, 1.807) is 4.90 Å². The molecule has 1 atom stereocenters. The van der Waals surface area contributed by atoms with E-state index in [0.29, 0.717) is 6.54 Å². The summed E-state index contributed by atoms with van der Waals surface area (Å²) in [7, 11) is 0. The van der Waals surface area contributed by atoms with E-state index in [0.717, 1.165) is 19.3 Å². The third kappa shape index (κ3) is 3.09. The Hall–Kier alpha value is -0.770. The molecule has 1 N–H and O–H groups in total. The minimum Gasteiger partial charge on any atom is -0.443 e. The Morgan fingerprint density at radius 3 is 2.80 bits per heavy atom. The van der Waals surface area contributed by atoms with Gasteiger partial charge in [-0.05, 0) is 33.1 Å². The first-order chi connectivity index (χ1) is 7.00. The second-order valence-corrected chi connectivity index (χ2v) is 4.65. The molecule has 1 aliphatic heterocycles. The largest absolute Gasteiger partial charge is 0.443 e. The summed E-state index contributed by atoms with van der Waals surface area (Å²) in [6.45, 7) is 6.51. The summed E-state index contributed by atoms with van der Waals surface area (Å²) in [5, 5.41) is 9.09. The molecule has 0 aromatic heterocycles. The zero-order chi connectivity index (χ0) is 11.5. The molecular formula is C11H21NO3. The third-order valence-electron chi connectivity index (χ3n) is 3.04. The zero-order valence-electron chi connectivity index (χ0n) is 9.82. The highest BCUT2D eigenvalue weighted by molar-refractivity contribution is 5.69. The van der Waals surface area contributed by atoms with E-state index in [4.69, 9.17) is 9.84 Å². The maximum absolute atomic E-state index is 11.8. The average molecular weight is 215 g/mol. The molecule has 1 aliphatic rings. The molecule has 1 rings (SSSR count). The summed E-state index contributed by atoms with van der Waals surface area (Å²) in [6, 6.07) is -0.0508. The van der Waals surface area contributed by atoms with Crippen LogP contribution >= 0.6 is 0 Å². The van der Waals surface area contributed by atoms with Gasteiger partial charge in [0.25, 0.3) is 0 Å². The van der Waals surface area contributed by atoms with Crippen molar-refractivity contribution >= 4 is 6.09 Å². The van der Waals surface area contributed by atoms with Crippen LogP contribution < -0.4 is 0 Å². The summed E-state index contributed by atoms with van der Waals surface area (Å²) < 4.78 is 5.38. The Kier molecular flexibility index (Phi) is 3.97. The predicted octanol–water partition coefficient (Wildman–Crippen LogP) is 1.77. The van der Waals surface area contributed by atoms with Crippen LogP contribution in [0.2, 0.25) is 0 Å². The number of aliphatic hydroxyl groups excluding tert-OH is 1. The fraction of sp³-hybridized carbons (Fsp3) is 0.909. The first-order valence-corrected chi connectivity index (χ1v) is 5.60. The van der Waals surface area contributed by atoms with Gasteiger partial charge in [0.1, 0.15) is 5.60 Å². The third-order valence-corrected chi connectivity index (χ3v) is 3.04. The van der Waals surface area contributed by atoms with Gasteiger partial charge in [-0.25, -0.2) is 4.79 Å². The van der Waals surface area contributed by atoms with Gasteiger partial charge in [0.2, 0.25) is 0 Å². The van der Waals surface area contributed by atoms with Crippen LogP contribution in [0.5, 0.6) is 0 Å². The summed E-state index contributed by atoms with van der Waals surface area (Å²) >= 11 is 0. The Bertz CT molecular complexity index is 228. The molecule has 0 aliphatic carbocycles. The minimum atomic E-state index is -0.417. The van der Waals surface area contributed by atoms with Crippen LogP contribution in [0.25, 0.3) is 0 Å². The van der Waals surface area contributed by atoms with Crippen molar-refractivity contribution in [3.8, 4) is 0 Å². The number of carbonyl (C=O) groups excluding carboxylic acids is 1. The van der Waals surface area contributed by atoms with Gasteiger partial charge in [-0.1, -0.05) is 6.92 Å². The van der Waals surface area contributed by atoms with Gasteiger partial charge in [0, 0.05) is 6.54 Å². The SMILES string of the molecule is CCC(C)(C)OC(=O)N1CCC[C@@H]1CO. The second kappa shape index (κ2) is 4.84. The van der Waals surface area contributed by atoms with Crippen LogP contribution in [-0.2, 0) is 4.74 Å². The molecule has 0 bridgehead atoms. The molecular weight excluding hydrogens is 194 g/mol. The monoisotopic (exact) mass is 215 g/mol. The number of aliphatic hydroxyl groups is 1. The van der Waals surface area contributed by atoms with E-state index < -0.39 is 5.60 Å². The maximum Gasteiger partial charge on any atom is 0.410 e. The van der Waals surface area contributed by atoms with Crippen molar-refractivity contribution in [3.05, 3.63) is 0 Å². The Morgan fingerprint density at radius 1 is 1.60 bits per heavy atom. The summed E-state index contributed by atoms with van der Waals surface area (Å²) in [4.78, 5) is 13.4. The lowest BCUT2D eigenvalue weighted by atomic mass is 10.1. The van der Waals surface area contributed by atoms with Gasteiger partial charge >= 0.3 is 6.09 Å². The first-order valence-electron chi connectivity index (χ1n) is 5.60. The number of carbonyl (C=O) groups is 1. The quantitative estimate of drug-likeness (QED) is 0.780. The van der Waals surface area contributed by atoms with Crippen LogP contribution in [0, 0.1) is 0 Å². The van der Waals surface area contributed by atoms with Crippen molar-refractivity contribution in [3.63, 3.8) is 0 Å². The van der Waals surface area contributed by atoms with Crippen LogP contribution in [0.3, 0.4) is 0 Å². The lowest BCUT2D eigenvalue weighted by Crippen LogP contribution is -2.41. The number of amides is 1. The lowest BCUT2D eigenvalue weighted by Gasteiger charge is -2.29. The number of hydrogen-bond acceptors (Lipinski definition) is 3. The number of hydrogen-bond donors (Lipinski definition) is 1. The van der Waals surface area contributed by atoms with Crippen molar-refractivity contribution in [2.45, 2.75) is 51.7 Å². The number of likely N-dealkylation sites (tertiary alicyclic amines) is 1. The van der Waals surface area contributed by atoms with E-state index >= 15 is 0 Å². The predicted molar refractivity (Wildman–Crippen MR) is 57.7 cm³/mol. The van der Waals surface area contributed by atoms with Crippen LogP contribution in [0.1, 0.15) is 40.0 Å². The highest BCUT2D eigenvalue weighted by Crippen LogP contribution is 2.21. The molecule has 0 aromatic rings. The van der Waals surface area contributed by atoms with E-state index in [2.05, 4.69) is 0 Å². The molecule has 0 saturated carbocycles. The van der Waals surface area contributed by atoms with Crippen molar-refractivity contribution in [2.75, 3.05) is 13.2 Å². The molecule has 15 heavy (non-hydrogen) atoms. The number of ether oxygens (including phenoxy) is 1. The summed E-state index contributed by atoms with van der Waals surface area (Å²) in [6.07, 6.45) is 2.32. The van der Waals surface area contributed by atoms with Crippen molar-refractivity contribution < 1.29 is 14.6 Å². The molecule has 0 spiro atoms. The van der Waals surface area contributed by atoms with Gasteiger partial charge in [0.15, 0.2) is 0 Å². The highest BCUT2D eigenvalue weighted by atomic mass is 16.6. The molecule has 1 heterocycles. The van der Waals surface area contributed by atoms with Crippen LogP contribution in [0.15, 0.2) is 0 Å². The summed E-state index contributed by atoms with van der Waals surface area (Å²) in [5.74, 6) is 0. The fourth-order valence-corrected chi connectivity index (χ4v) is 1.63. The normalized spacial score (nSPS) is 21.9. The number of nitrogens with zero attached hydrogens (tertiary/aromatic N) is 1. The first kappa shape index (κ1) is 12.3. The Morgan fingerprint density at radius 2 is 2.27 bits per heavy atom. The van der Waals surface area contributed by atoms with Crippen molar-refractivity contribution in [1.29, 1.82) is 0 Å². The van der Waals surface area contributed by atoms with E-state index in [1.807, 2.05) is 20.8 Å².